The van der Waals surface area contributed by atoms with Crippen molar-refractivity contribution in [3.63, 3.8) is 0 Å². The highest BCUT2D eigenvalue weighted by Gasteiger charge is 2.30. The van der Waals surface area contributed by atoms with Crippen molar-refractivity contribution in [1.82, 2.24) is 20.1 Å². The number of amides is 1. The topological polar surface area (TPSA) is 92.1 Å². The number of hydrogen-bond acceptors (Lipinski definition) is 5. The minimum absolute atomic E-state index is 0.0410. The first kappa shape index (κ1) is 27.4. The van der Waals surface area contributed by atoms with Crippen LogP contribution in [0.1, 0.15) is 22.3 Å². The molecule has 2 heterocycles. The van der Waals surface area contributed by atoms with Crippen molar-refractivity contribution in [3.8, 4) is 33.8 Å². The van der Waals surface area contributed by atoms with E-state index in [9.17, 15) is 23.1 Å². The summed E-state index contributed by atoms with van der Waals surface area (Å²) >= 11 is 0. The number of rotatable bonds is 9. The maximum atomic E-state index is 12.9. The van der Waals surface area contributed by atoms with E-state index in [4.69, 9.17) is 5.10 Å². The van der Waals surface area contributed by atoms with Gasteiger partial charge in [-0.2, -0.15) is 18.3 Å². The molecule has 0 radical (unpaired) electrons. The van der Waals surface area contributed by atoms with E-state index in [2.05, 4.69) is 15.6 Å². The van der Waals surface area contributed by atoms with Gasteiger partial charge in [-0.15, -0.1) is 0 Å². The van der Waals surface area contributed by atoms with E-state index in [-0.39, 0.29) is 17.9 Å². The zero-order chi connectivity index (χ0) is 28.8. The Bertz CT molecular complexity index is 1650. The Kier molecular flexibility index (Phi) is 8.00. The molecule has 0 saturated heterocycles. The monoisotopic (exact) mass is 557 g/mol. The lowest BCUT2D eigenvalue weighted by Crippen LogP contribution is -2.26. The van der Waals surface area contributed by atoms with Gasteiger partial charge >= 0.3 is 6.18 Å². The number of benzene rings is 3. The number of phenolic OH excluding ortho intramolecular Hbond substituents is 1. The summed E-state index contributed by atoms with van der Waals surface area (Å²) in [5.41, 5.74) is 3.15. The highest BCUT2D eigenvalue weighted by Crippen LogP contribution is 2.34. The predicted octanol–water partition coefficient (Wildman–Crippen LogP) is 6.56. The Morgan fingerprint density at radius 3 is 2.46 bits per heavy atom. The third-order valence-electron chi connectivity index (χ3n) is 6.32. The number of alkyl halides is 3. The van der Waals surface area contributed by atoms with E-state index in [1.54, 1.807) is 29.1 Å². The van der Waals surface area contributed by atoms with Crippen LogP contribution in [-0.2, 0) is 6.18 Å². The fourth-order valence-corrected chi connectivity index (χ4v) is 4.30. The smallest absolute Gasteiger partial charge is 0.416 e. The van der Waals surface area contributed by atoms with E-state index < -0.39 is 17.6 Å². The van der Waals surface area contributed by atoms with Crippen LogP contribution in [0.4, 0.5) is 19.0 Å². The Morgan fingerprint density at radius 2 is 1.68 bits per heavy atom. The van der Waals surface area contributed by atoms with Crippen molar-refractivity contribution in [2.75, 3.05) is 18.4 Å². The van der Waals surface area contributed by atoms with Crippen LogP contribution in [0.15, 0.2) is 103 Å². The van der Waals surface area contributed by atoms with Crippen LogP contribution in [0, 0.1) is 0 Å². The lowest BCUT2D eigenvalue weighted by atomic mass is 10.0. The molecule has 0 spiro atoms. The van der Waals surface area contributed by atoms with Gasteiger partial charge in [0.05, 0.1) is 11.3 Å². The molecule has 0 atom stereocenters. The molecule has 41 heavy (non-hydrogen) atoms. The lowest BCUT2D eigenvalue weighted by Gasteiger charge is -2.10. The van der Waals surface area contributed by atoms with Crippen molar-refractivity contribution in [1.29, 1.82) is 0 Å². The van der Waals surface area contributed by atoms with Gasteiger partial charge in [0.1, 0.15) is 17.3 Å². The van der Waals surface area contributed by atoms with Gasteiger partial charge < -0.3 is 15.7 Å². The molecule has 5 aromatic rings. The predicted molar refractivity (Wildman–Crippen MR) is 151 cm³/mol. The molecule has 10 heteroatoms. The van der Waals surface area contributed by atoms with Crippen molar-refractivity contribution >= 4 is 11.7 Å². The molecule has 0 aliphatic rings. The fraction of sp³-hybridized carbons (Fsp3) is 0.129. The van der Waals surface area contributed by atoms with Crippen molar-refractivity contribution < 1.29 is 23.1 Å². The Hall–Kier alpha value is -5.12. The number of pyridine rings is 1. The van der Waals surface area contributed by atoms with Crippen LogP contribution in [0.5, 0.6) is 5.75 Å². The van der Waals surface area contributed by atoms with Crippen molar-refractivity contribution in [3.05, 3.63) is 115 Å². The van der Waals surface area contributed by atoms with Gasteiger partial charge in [0.25, 0.3) is 5.91 Å². The number of anilines is 1. The molecule has 0 saturated carbocycles. The van der Waals surface area contributed by atoms with E-state index >= 15 is 0 Å². The van der Waals surface area contributed by atoms with Gasteiger partial charge in [0.2, 0.25) is 0 Å². The molecule has 1 amide bonds. The van der Waals surface area contributed by atoms with Gasteiger partial charge in [-0.3, -0.25) is 4.79 Å². The summed E-state index contributed by atoms with van der Waals surface area (Å²) in [6, 6.07) is 24.7. The molecule has 7 nitrogen and oxygen atoms in total. The van der Waals surface area contributed by atoms with Crippen molar-refractivity contribution in [2.24, 2.45) is 0 Å². The van der Waals surface area contributed by atoms with Crippen LogP contribution in [-0.4, -0.2) is 38.9 Å². The molecule has 0 fully saturated rings. The number of nitrogens with one attached hydrogen (secondary N) is 2. The highest BCUT2D eigenvalue weighted by molar-refractivity contribution is 5.94. The highest BCUT2D eigenvalue weighted by atomic mass is 19.4. The quantitative estimate of drug-likeness (QED) is 0.179. The third-order valence-corrected chi connectivity index (χ3v) is 6.32. The molecule has 0 aliphatic heterocycles. The minimum atomic E-state index is -4.51. The van der Waals surface area contributed by atoms with E-state index in [1.807, 2.05) is 54.7 Å². The van der Waals surface area contributed by atoms with Crippen LogP contribution in [0.25, 0.3) is 28.1 Å². The average Bonchev–Trinajstić information content (AvgIpc) is 3.43. The SMILES string of the molecule is O=C(NCCCNc1cc(-c2cn(-c3ccccc3)nc2-c2cccc(O)c2)ccn1)c1cccc(C(F)(F)F)c1. The van der Waals surface area contributed by atoms with E-state index in [0.717, 1.165) is 34.5 Å². The first-order chi connectivity index (χ1) is 19.8. The number of nitrogens with zero attached hydrogens (tertiary/aromatic N) is 3. The first-order valence-electron chi connectivity index (χ1n) is 12.9. The first-order valence-corrected chi connectivity index (χ1v) is 12.9. The number of carbonyl (C=O) groups excluding carboxylic acids is 1. The second kappa shape index (κ2) is 12.0. The van der Waals surface area contributed by atoms with Gasteiger partial charge in [0, 0.05) is 42.2 Å². The standard InChI is InChI=1S/C31H26F3N5O2/c32-31(33,34)24-9-4-8-23(17-24)30(41)37-15-6-14-35-28-19-21(13-16-36-28)27-20-39(25-10-2-1-3-11-25)38-29(27)22-7-5-12-26(40)18-22/h1-5,7-13,16-20,40H,6,14-15H2,(H,35,36)(H,37,41). The number of hydrogen-bond donors (Lipinski definition) is 3. The van der Waals surface area contributed by atoms with Gasteiger partial charge in [-0.1, -0.05) is 36.4 Å². The number of para-hydroxylation sites is 1. The molecule has 208 valence electrons. The Labute approximate surface area is 234 Å². The summed E-state index contributed by atoms with van der Waals surface area (Å²) in [5.74, 6) is 0.187. The molecule has 3 aromatic carbocycles. The maximum absolute atomic E-state index is 12.9. The Balaban J connectivity index is 1.26. The summed E-state index contributed by atoms with van der Waals surface area (Å²) in [4.78, 5) is 16.7. The molecular weight excluding hydrogens is 531 g/mol. The second-order valence-corrected chi connectivity index (χ2v) is 9.27. The summed E-state index contributed by atoms with van der Waals surface area (Å²) in [7, 11) is 0. The zero-order valence-electron chi connectivity index (χ0n) is 21.8. The summed E-state index contributed by atoms with van der Waals surface area (Å²) in [5, 5.41) is 20.7. The summed E-state index contributed by atoms with van der Waals surface area (Å²) in [6.07, 6.45) is -0.376. The number of aromatic nitrogens is 3. The maximum Gasteiger partial charge on any atom is 0.416 e. The second-order valence-electron chi connectivity index (χ2n) is 9.27. The largest absolute Gasteiger partial charge is 0.508 e. The zero-order valence-corrected chi connectivity index (χ0v) is 21.8. The lowest BCUT2D eigenvalue weighted by molar-refractivity contribution is -0.137. The normalized spacial score (nSPS) is 11.3. The summed E-state index contributed by atoms with van der Waals surface area (Å²) < 4.78 is 40.6. The number of halogens is 3. The molecule has 2 aromatic heterocycles. The number of aromatic hydroxyl groups is 1. The molecular formula is C31H26F3N5O2. The molecule has 3 N–H and O–H groups in total. The van der Waals surface area contributed by atoms with Crippen LogP contribution in [0.3, 0.4) is 0 Å². The number of phenols is 1. The average molecular weight is 558 g/mol. The third kappa shape index (κ3) is 6.73. The van der Waals surface area contributed by atoms with Gasteiger partial charge in [-0.05, 0) is 66.6 Å². The minimum Gasteiger partial charge on any atom is -0.508 e. The van der Waals surface area contributed by atoms with Crippen LogP contribution in [0.2, 0.25) is 0 Å². The van der Waals surface area contributed by atoms with E-state index in [0.29, 0.717) is 24.5 Å². The van der Waals surface area contributed by atoms with E-state index in [1.165, 1.54) is 12.1 Å². The van der Waals surface area contributed by atoms with Gasteiger partial charge in [0.15, 0.2) is 0 Å². The fourth-order valence-electron chi connectivity index (χ4n) is 4.30. The molecule has 5 rings (SSSR count). The van der Waals surface area contributed by atoms with Crippen molar-refractivity contribution in [2.45, 2.75) is 12.6 Å². The molecule has 0 unspecified atom stereocenters. The van der Waals surface area contributed by atoms with Crippen LogP contribution >= 0.6 is 0 Å². The van der Waals surface area contributed by atoms with Gasteiger partial charge in [-0.25, -0.2) is 9.67 Å². The molecule has 0 aliphatic carbocycles. The summed E-state index contributed by atoms with van der Waals surface area (Å²) in [6.45, 7) is 0.745. The number of carbonyl (C=O) groups is 1. The van der Waals surface area contributed by atoms with Crippen LogP contribution < -0.4 is 10.6 Å². The molecule has 0 bridgehead atoms. The Morgan fingerprint density at radius 1 is 0.878 bits per heavy atom.